The molecular weight excluding hydrogens is 236 g/mol. The van der Waals surface area contributed by atoms with Crippen LogP contribution in [0.2, 0.25) is 0 Å². The van der Waals surface area contributed by atoms with Crippen LogP contribution in [0.25, 0.3) is 0 Å². The van der Waals surface area contributed by atoms with E-state index >= 15 is 0 Å². The molecule has 0 aliphatic carbocycles. The highest BCUT2D eigenvalue weighted by Gasteiger charge is 2.26. The second-order valence-corrected chi connectivity index (χ2v) is 5.88. The van der Waals surface area contributed by atoms with Gasteiger partial charge in [-0.05, 0) is 31.4 Å². The normalized spacial score (nSPS) is 23.1. The number of hydrogen-bond donors (Lipinski definition) is 1. The van der Waals surface area contributed by atoms with Crippen molar-refractivity contribution in [1.29, 1.82) is 0 Å². The lowest BCUT2D eigenvalue weighted by Crippen LogP contribution is -2.43. The molecule has 0 radical (unpaired) electrons. The Kier molecular flexibility index (Phi) is 4.59. The van der Waals surface area contributed by atoms with Gasteiger partial charge in [0.25, 0.3) is 0 Å². The van der Waals surface area contributed by atoms with Gasteiger partial charge in [-0.15, -0.1) is 0 Å². The van der Waals surface area contributed by atoms with E-state index < -0.39 is 0 Å². The van der Waals surface area contributed by atoms with E-state index in [1.54, 1.807) is 0 Å². The van der Waals surface area contributed by atoms with Crippen LogP contribution in [0.15, 0.2) is 24.3 Å². The summed E-state index contributed by atoms with van der Waals surface area (Å²) < 4.78 is 0. The molecule has 1 saturated heterocycles. The largest absolute Gasteiger partial charge is 0.341 e. The maximum atomic E-state index is 12.4. The van der Waals surface area contributed by atoms with E-state index in [9.17, 15) is 4.79 Å². The summed E-state index contributed by atoms with van der Waals surface area (Å²) in [5.41, 5.74) is 2.45. The number of carbonyl (C=O) groups excluding carboxylic acids is 1. The molecule has 3 heteroatoms. The molecule has 0 spiro atoms. The fraction of sp³-hybridized carbons (Fsp3) is 0.562. The minimum absolute atomic E-state index is 0.138. The van der Waals surface area contributed by atoms with Gasteiger partial charge in [-0.3, -0.25) is 4.79 Å². The standard InChI is InChI=1S/C16H24N2O/c1-12-4-6-14(7-5-12)11-18(3)16(19)15-8-13(2)9-17-10-15/h4-7,13,15,17H,8-11H2,1-3H3. The molecule has 2 rings (SSSR count). The van der Waals surface area contributed by atoms with Crippen molar-refractivity contribution in [3.8, 4) is 0 Å². The van der Waals surface area contributed by atoms with Crippen molar-refractivity contribution in [3.05, 3.63) is 35.4 Å². The summed E-state index contributed by atoms with van der Waals surface area (Å²) in [5.74, 6) is 0.995. The Hall–Kier alpha value is -1.35. The highest BCUT2D eigenvalue weighted by Crippen LogP contribution is 2.18. The second-order valence-electron chi connectivity index (χ2n) is 5.88. The van der Waals surface area contributed by atoms with Crippen LogP contribution in [0, 0.1) is 18.8 Å². The smallest absolute Gasteiger partial charge is 0.227 e. The van der Waals surface area contributed by atoms with Crippen LogP contribution in [0.3, 0.4) is 0 Å². The predicted octanol–water partition coefficient (Wildman–Crippen LogP) is 2.20. The summed E-state index contributed by atoms with van der Waals surface area (Å²) in [6.45, 7) is 6.83. The highest BCUT2D eigenvalue weighted by molar-refractivity contribution is 5.79. The molecule has 2 unspecified atom stereocenters. The van der Waals surface area contributed by atoms with E-state index in [0.717, 1.165) is 19.5 Å². The number of amides is 1. The van der Waals surface area contributed by atoms with Gasteiger partial charge >= 0.3 is 0 Å². The summed E-state index contributed by atoms with van der Waals surface area (Å²) in [7, 11) is 1.90. The topological polar surface area (TPSA) is 32.3 Å². The molecule has 0 aromatic heterocycles. The SMILES string of the molecule is Cc1ccc(CN(C)C(=O)C2CNCC(C)C2)cc1. The van der Waals surface area contributed by atoms with Crippen molar-refractivity contribution < 1.29 is 4.79 Å². The van der Waals surface area contributed by atoms with E-state index in [-0.39, 0.29) is 11.8 Å². The molecule has 1 fully saturated rings. The molecule has 1 aromatic carbocycles. The maximum absolute atomic E-state index is 12.4. The number of piperidine rings is 1. The molecule has 1 aliphatic heterocycles. The summed E-state index contributed by atoms with van der Waals surface area (Å²) in [5, 5.41) is 3.34. The minimum Gasteiger partial charge on any atom is -0.341 e. The van der Waals surface area contributed by atoms with Crippen LogP contribution in [0.4, 0.5) is 0 Å². The zero-order valence-electron chi connectivity index (χ0n) is 12.1. The maximum Gasteiger partial charge on any atom is 0.227 e. The first kappa shape index (κ1) is 14.1. The summed E-state index contributed by atoms with van der Waals surface area (Å²) >= 11 is 0. The van der Waals surface area contributed by atoms with E-state index in [1.165, 1.54) is 11.1 Å². The number of hydrogen-bond acceptors (Lipinski definition) is 2. The third-order valence-corrected chi connectivity index (χ3v) is 3.84. The Morgan fingerprint density at radius 1 is 1.32 bits per heavy atom. The van der Waals surface area contributed by atoms with Crippen molar-refractivity contribution >= 4 is 5.91 Å². The van der Waals surface area contributed by atoms with Gasteiger partial charge in [0.15, 0.2) is 0 Å². The molecule has 19 heavy (non-hydrogen) atoms. The van der Waals surface area contributed by atoms with Gasteiger partial charge in [0, 0.05) is 20.1 Å². The lowest BCUT2D eigenvalue weighted by Gasteiger charge is -2.30. The lowest BCUT2D eigenvalue weighted by molar-refractivity contribution is -0.135. The fourth-order valence-corrected chi connectivity index (χ4v) is 2.70. The zero-order valence-corrected chi connectivity index (χ0v) is 12.1. The minimum atomic E-state index is 0.138. The summed E-state index contributed by atoms with van der Waals surface area (Å²) in [4.78, 5) is 14.3. The van der Waals surface area contributed by atoms with Crippen LogP contribution in [0.1, 0.15) is 24.5 Å². The molecule has 1 aromatic rings. The van der Waals surface area contributed by atoms with E-state index in [4.69, 9.17) is 0 Å². The number of nitrogens with zero attached hydrogens (tertiary/aromatic N) is 1. The summed E-state index contributed by atoms with van der Waals surface area (Å²) in [6, 6.07) is 8.39. The quantitative estimate of drug-likeness (QED) is 0.903. The first-order valence-corrected chi connectivity index (χ1v) is 7.07. The molecule has 1 N–H and O–H groups in total. The van der Waals surface area contributed by atoms with Crippen LogP contribution in [-0.4, -0.2) is 30.9 Å². The zero-order chi connectivity index (χ0) is 13.8. The van der Waals surface area contributed by atoms with Crippen molar-refractivity contribution in [2.75, 3.05) is 20.1 Å². The molecule has 3 nitrogen and oxygen atoms in total. The van der Waals surface area contributed by atoms with Crippen LogP contribution in [0.5, 0.6) is 0 Å². The second kappa shape index (κ2) is 6.20. The van der Waals surface area contributed by atoms with Gasteiger partial charge < -0.3 is 10.2 Å². The van der Waals surface area contributed by atoms with Gasteiger partial charge in [-0.2, -0.15) is 0 Å². The third-order valence-electron chi connectivity index (χ3n) is 3.84. The number of carbonyl (C=O) groups is 1. The first-order chi connectivity index (χ1) is 9.06. The van der Waals surface area contributed by atoms with Gasteiger partial charge in [0.1, 0.15) is 0 Å². The average molecular weight is 260 g/mol. The fourth-order valence-electron chi connectivity index (χ4n) is 2.70. The molecule has 1 amide bonds. The molecule has 2 atom stereocenters. The van der Waals surface area contributed by atoms with Gasteiger partial charge in [0.2, 0.25) is 5.91 Å². The van der Waals surface area contributed by atoms with Crippen LogP contribution < -0.4 is 5.32 Å². The number of benzene rings is 1. The van der Waals surface area contributed by atoms with Crippen molar-refractivity contribution in [2.45, 2.75) is 26.8 Å². The first-order valence-electron chi connectivity index (χ1n) is 7.07. The Balaban J connectivity index is 1.93. The Morgan fingerprint density at radius 3 is 2.63 bits per heavy atom. The third kappa shape index (κ3) is 3.80. The van der Waals surface area contributed by atoms with E-state index in [1.807, 2.05) is 11.9 Å². The molecule has 0 bridgehead atoms. The van der Waals surface area contributed by atoms with Crippen molar-refractivity contribution in [3.63, 3.8) is 0 Å². The number of rotatable bonds is 3. The van der Waals surface area contributed by atoms with Crippen molar-refractivity contribution in [1.82, 2.24) is 10.2 Å². The lowest BCUT2D eigenvalue weighted by atomic mass is 9.91. The molecular formula is C16H24N2O. The van der Waals surface area contributed by atoms with Gasteiger partial charge in [0.05, 0.1) is 5.92 Å². The number of aryl methyl sites for hydroxylation is 1. The van der Waals surface area contributed by atoms with Crippen LogP contribution in [-0.2, 0) is 11.3 Å². The van der Waals surface area contributed by atoms with E-state index in [2.05, 4.69) is 43.4 Å². The van der Waals surface area contributed by atoms with Crippen molar-refractivity contribution in [2.24, 2.45) is 11.8 Å². The Morgan fingerprint density at radius 2 is 2.00 bits per heavy atom. The van der Waals surface area contributed by atoms with Gasteiger partial charge in [-0.1, -0.05) is 36.8 Å². The van der Waals surface area contributed by atoms with Crippen LogP contribution >= 0.6 is 0 Å². The molecule has 1 heterocycles. The predicted molar refractivity (Wildman–Crippen MR) is 77.8 cm³/mol. The average Bonchev–Trinajstić information content (AvgIpc) is 2.40. The number of nitrogens with one attached hydrogen (secondary N) is 1. The summed E-state index contributed by atoms with van der Waals surface area (Å²) in [6.07, 6.45) is 1.00. The molecule has 1 aliphatic rings. The van der Waals surface area contributed by atoms with Gasteiger partial charge in [-0.25, -0.2) is 0 Å². The Labute approximate surface area is 116 Å². The highest BCUT2D eigenvalue weighted by atomic mass is 16.2. The monoisotopic (exact) mass is 260 g/mol. The molecule has 104 valence electrons. The molecule has 0 saturated carbocycles. The Bertz CT molecular complexity index is 427. The van der Waals surface area contributed by atoms with E-state index in [0.29, 0.717) is 12.5 Å².